The van der Waals surface area contributed by atoms with E-state index in [2.05, 4.69) is 42.9 Å². The molecule has 1 spiro atoms. The second-order valence-electron chi connectivity index (χ2n) is 6.14. The van der Waals surface area contributed by atoms with Crippen molar-refractivity contribution < 1.29 is 0 Å². The van der Waals surface area contributed by atoms with Crippen LogP contribution in [0.3, 0.4) is 0 Å². The van der Waals surface area contributed by atoms with Gasteiger partial charge >= 0.3 is 0 Å². The Morgan fingerprint density at radius 2 is 1.82 bits per heavy atom. The Balaban J connectivity index is 1.55. The lowest BCUT2D eigenvalue weighted by Gasteiger charge is -2.54. The Morgan fingerprint density at radius 3 is 2.29 bits per heavy atom. The molecule has 0 bridgehead atoms. The monoisotopic (exact) mass is 247 g/mol. The van der Waals surface area contributed by atoms with Crippen LogP contribution < -0.4 is 10.6 Å². The van der Waals surface area contributed by atoms with E-state index in [0.29, 0.717) is 0 Å². The number of hydrogen-bond acceptors (Lipinski definition) is 1. The highest BCUT2D eigenvalue weighted by Gasteiger charge is 2.47. The van der Waals surface area contributed by atoms with Crippen LogP contribution >= 0.6 is 7.92 Å². The molecule has 1 aliphatic heterocycles. The van der Waals surface area contributed by atoms with Crippen LogP contribution in [-0.4, -0.2) is 26.4 Å². The average molecular weight is 247 g/mol. The highest BCUT2D eigenvalue weighted by molar-refractivity contribution is 7.64. The molecule has 1 saturated carbocycles. The summed E-state index contributed by atoms with van der Waals surface area (Å²) in [6.45, 7) is 7.20. The van der Waals surface area contributed by atoms with E-state index < -0.39 is 0 Å². The van der Waals surface area contributed by atoms with Crippen LogP contribution in [-0.2, 0) is 6.42 Å². The van der Waals surface area contributed by atoms with E-state index in [1.54, 1.807) is 0 Å². The number of rotatable bonds is 3. The summed E-state index contributed by atoms with van der Waals surface area (Å²) in [5.41, 5.74) is 2.27. The Kier molecular flexibility index (Phi) is 3.00. The summed E-state index contributed by atoms with van der Waals surface area (Å²) in [5, 5.41) is 4.94. The van der Waals surface area contributed by atoms with E-state index in [4.69, 9.17) is 0 Å². The van der Waals surface area contributed by atoms with E-state index in [1.807, 2.05) is 0 Å². The van der Waals surface area contributed by atoms with Crippen molar-refractivity contribution in [2.45, 2.75) is 19.3 Å². The summed E-state index contributed by atoms with van der Waals surface area (Å²) in [6.07, 6.45) is 4.21. The summed E-state index contributed by atoms with van der Waals surface area (Å²) in [4.78, 5) is 0. The lowest BCUT2D eigenvalue weighted by atomic mass is 9.57. The van der Waals surface area contributed by atoms with E-state index in [9.17, 15) is 0 Å². The van der Waals surface area contributed by atoms with Crippen LogP contribution in [0.5, 0.6) is 0 Å². The van der Waals surface area contributed by atoms with E-state index in [-0.39, 0.29) is 7.92 Å². The quantitative estimate of drug-likeness (QED) is 0.810. The number of benzene rings is 1. The Morgan fingerprint density at radius 1 is 1.18 bits per heavy atom. The molecule has 1 saturated heterocycles. The van der Waals surface area contributed by atoms with Gasteiger partial charge in [-0.1, -0.05) is 32.2 Å². The fourth-order valence-corrected chi connectivity index (χ4v) is 4.09. The number of hydrogen-bond donors (Lipinski definition) is 1. The average Bonchev–Trinajstić information content (AvgIpc) is 2.20. The van der Waals surface area contributed by atoms with Crippen LogP contribution in [0, 0.1) is 11.3 Å². The van der Waals surface area contributed by atoms with Gasteiger partial charge in [0.25, 0.3) is 0 Å². The van der Waals surface area contributed by atoms with Crippen LogP contribution in [0.1, 0.15) is 18.4 Å². The molecule has 0 atom stereocenters. The maximum atomic E-state index is 3.41. The topological polar surface area (TPSA) is 12.0 Å². The third kappa shape index (κ3) is 2.28. The first-order valence-electron chi connectivity index (χ1n) is 6.64. The second-order valence-corrected chi connectivity index (χ2v) is 8.45. The molecule has 3 rings (SSSR count). The molecule has 1 aromatic rings. The van der Waals surface area contributed by atoms with Gasteiger partial charge < -0.3 is 5.32 Å². The molecule has 2 heteroatoms. The highest BCUT2D eigenvalue weighted by Crippen LogP contribution is 2.49. The molecule has 1 aliphatic carbocycles. The minimum atomic E-state index is 0.0648. The Hall–Kier alpha value is -0.390. The zero-order chi connectivity index (χ0) is 11.9. The summed E-state index contributed by atoms with van der Waals surface area (Å²) < 4.78 is 0. The van der Waals surface area contributed by atoms with Crippen LogP contribution in [0.15, 0.2) is 24.3 Å². The van der Waals surface area contributed by atoms with Crippen LogP contribution in [0.25, 0.3) is 0 Å². The predicted molar refractivity (Wildman–Crippen MR) is 76.6 cm³/mol. The maximum absolute atomic E-state index is 3.41. The first-order chi connectivity index (χ1) is 8.17. The predicted octanol–water partition coefficient (Wildman–Crippen LogP) is 2.60. The van der Waals surface area contributed by atoms with Crippen molar-refractivity contribution in [3.63, 3.8) is 0 Å². The summed E-state index contributed by atoms with van der Waals surface area (Å²) in [5.74, 6) is 0.952. The SMILES string of the molecule is CP(C)c1ccc(CC2CC3(CNC3)C2)cc1. The van der Waals surface area contributed by atoms with Crippen molar-refractivity contribution in [2.75, 3.05) is 26.4 Å². The molecular weight excluding hydrogens is 225 g/mol. The molecule has 2 fully saturated rings. The second kappa shape index (κ2) is 4.37. The molecule has 17 heavy (non-hydrogen) atoms. The molecule has 0 radical (unpaired) electrons. The minimum absolute atomic E-state index is 0.0648. The van der Waals surface area contributed by atoms with Crippen molar-refractivity contribution in [1.82, 2.24) is 5.32 Å². The fraction of sp³-hybridized carbons (Fsp3) is 0.600. The van der Waals surface area contributed by atoms with E-state index in [1.165, 1.54) is 43.2 Å². The first-order valence-corrected chi connectivity index (χ1v) is 8.88. The van der Waals surface area contributed by atoms with Crippen LogP contribution in [0.4, 0.5) is 0 Å². The summed E-state index contributed by atoms with van der Waals surface area (Å²) in [7, 11) is 0.0648. The van der Waals surface area contributed by atoms with Gasteiger partial charge in [-0.3, -0.25) is 0 Å². The molecule has 2 aliphatic rings. The molecule has 0 unspecified atom stereocenters. The van der Waals surface area contributed by atoms with Crippen molar-refractivity contribution >= 4 is 13.2 Å². The van der Waals surface area contributed by atoms with Gasteiger partial charge in [-0.05, 0) is 54.8 Å². The molecule has 1 nitrogen and oxygen atoms in total. The lowest BCUT2D eigenvalue weighted by molar-refractivity contribution is 0.000895. The smallest absolute Gasteiger partial charge is 0.00204 e. The van der Waals surface area contributed by atoms with Crippen molar-refractivity contribution in [2.24, 2.45) is 11.3 Å². The maximum Gasteiger partial charge on any atom is 0.00204 e. The van der Waals surface area contributed by atoms with Gasteiger partial charge in [0, 0.05) is 13.1 Å². The summed E-state index contributed by atoms with van der Waals surface area (Å²) >= 11 is 0. The molecule has 1 N–H and O–H groups in total. The zero-order valence-electron chi connectivity index (χ0n) is 10.9. The highest BCUT2D eigenvalue weighted by atomic mass is 31.1. The van der Waals surface area contributed by atoms with Gasteiger partial charge in [0.05, 0.1) is 0 Å². The standard InChI is InChI=1S/C15H22NP/c1-17(2)14-5-3-12(4-6-14)7-13-8-15(9-13)10-16-11-15/h3-6,13,16H,7-11H2,1-2H3. The minimum Gasteiger partial charge on any atom is -0.316 e. The fourth-order valence-electron chi connectivity index (χ4n) is 3.34. The Bertz CT molecular complexity index is 384. The van der Waals surface area contributed by atoms with Gasteiger partial charge in [-0.25, -0.2) is 0 Å². The van der Waals surface area contributed by atoms with Gasteiger partial charge in [0.2, 0.25) is 0 Å². The van der Waals surface area contributed by atoms with Gasteiger partial charge in [-0.15, -0.1) is 0 Å². The first kappa shape index (κ1) is 11.7. The Labute approximate surface area is 106 Å². The molecule has 92 valence electrons. The van der Waals surface area contributed by atoms with Gasteiger partial charge in [-0.2, -0.15) is 0 Å². The normalized spacial score (nSPS) is 22.5. The number of nitrogens with one attached hydrogen (secondary N) is 1. The van der Waals surface area contributed by atoms with E-state index >= 15 is 0 Å². The van der Waals surface area contributed by atoms with Crippen molar-refractivity contribution in [3.8, 4) is 0 Å². The molecule has 0 aromatic heterocycles. The van der Waals surface area contributed by atoms with Gasteiger partial charge in [0.1, 0.15) is 0 Å². The van der Waals surface area contributed by atoms with Crippen molar-refractivity contribution in [1.29, 1.82) is 0 Å². The van der Waals surface area contributed by atoms with E-state index in [0.717, 1.165) is 11.3 Å². The third-order valence-electron chi connectivity index (χ3n) is 4.42. The largest absolute Gasteiger partial charge is 0.316 e. The molecule has 1 heterocycles. The molecular formula is C15H22NP. The molecule has 1 aromatic carbocycles. The third-order valence-corrected chi connectivity index (χ3v) is 5.75. The lowest BCUT2D eigenvalue weighted by Crippen LogP contribution is -2.60. The van der Waals surface area contributed by atoms with Crippen LogP contribution in [0.2, 0.25) is 0 Å². The summed E-state index contributed by atoms with van der Waals surface area (Å²) in [6, 6.07) is 9.37. The van der Waals surface area contributed by atoms with Crippen molar-refractivity contribution in [3.05, 3.63) is 29.8 Å². The molecule has 0 amide bonds. The zero-order valence-corrected chi connectivity index (χ0v) is 11.8. The van der Waals surface area contributed by atoms with Gasteiger partial charge in [0.15, 0.2) is 0 Å².